The Hall–Kier alpha value is -2.10. The number of hydrogen-bond acceptors (Lipinski definition) is 4. The molecule has 2 rings (SSSR count). The number of hydrogen-bond donors (Lipinski definition) is 1. The zero-order valence-corrected chi connectivity index (χ0v) is 13.4. The van der Waals surface area contributed by atoms with Gasteiger partial charge in [0.1, 0.15) is 5.75 Å². The molecule has 0 aliphatic carbocycles. The van der Waals surface area contributed by atoms with E-state index in [1.165, 1.54) is 5.56 Å². The fraction of sp³-hybridized carbons (Fsp3) is 0.412. The second kappa shape index (κ2) is 6.57. The zero-order valence-electron chi connectivity index (χ0n) is 13.4. The van der Waals surface area contributed by atoms with Crippen LogP contribution < -0.4 is 10.1 Å². The highest BCUT2D eigenvalue weighted by atomic mass is 16.5. The van der Waals surface area contributed by atoms with Crippen molar-refractivity contribution < 1.29 is 4.74 Å². The second-order valence-corrected chi connectivity index (χ2v) is 5.35. The van der Waals surface area contributed by atoms with Crippen LogP contribution in [0.3, 0.4) is 0 Å². The molecule has 1 heterocycles. The van der Waals surface area contributed by atoms with Gasteiger partial charge in [0.05, 0.1) is 0 Å². The normalized spacial score (nSPS) is 10.5. The number of ether oxygens (including phenoxy) is 1. The molecular weight excluding hydrogens is 262 g/mol. The van der Waals surface area contributed by atoms with E-state index in [9.17, 15) is 0 Å². The van der Waals surface area contributed by atoms with Crippen LogP contribution in [-0.2, 0) is 0 Å². The number of benzene rings is 1. The van der Waals surface area contributed by atoms with Crippen molar-refractivity contribution in [2.24, 2.45) is 0 Å². The minimum atomic E-state index is 0.581. The summed E-state index contributed by atoms with van der Waals surface area (Å²) in [6.07, 6.45) is 1.03. The van der Waals surface area contributed by atoms with E-state index in [4.69, 9.17) is 4.74 Å². The fourth-order valence-electron chi connectivity index (χ4n) is 2.09. The van der Waals surface area contributed by atoms with Crippen LogP contribution in [0.5, 0.6) is 11.6 Å². The van der Waals surface area contributed by atoms with Crippen LogP contribution in [0.1, 0.15) is 35.7 Å². The standard InChI is InChI=1S/C17H23N3O/c1-6-9-18-17-19-13(4)10-15(20-17)21-16-12(3)8-7-11(2)14(16)5/h7-8,10H,6,9H2,1-5H3,(H,18,19,20). The maximum atomic E-state index is 6.03. The number of aryl methyl sites for hydroxylation is 3. The third-order valence-electron chi connectivity index (χ3n) is 3.44. The molecule has 0 bridgehead atoms. The van der Waals surface area contributed by atoms with Gasteiger partial charge >= 0.3 is 0 Å². The summed E-state index contributed by atoms with van der Waals surface area (Å²) in [6.45, 7) is 11.1. The maximum Gasteiger partial charge on any atom is 0.226 e. The zero-order chi connectivity index (χ0) is 15.4. The van der Waals surface area contributed by atoms with Crippen molar-refractivity contribution in [1.82, 2.24) is 9.97 Å². The first-order valence-corrected chi connectivity index (χ1v) is 7.35. The highest BCUT2D eigenvalue weighted by Gasteiger charge is 2.10. The Morgan fingerprint density at radius 2 is 1.76 bits per heavy atom. The molecule has 0 atom stereocenters. The maximum absolute atomic E-state index is 6.03. The Labute approximate surface area is 126 Å². The lowest BCUT2D eigenvalue weighted by molar-refractivity contribution is 0.454. The van der Waals surface area contributed by atoms with Crippen LogP contribution in [0.2, 0.25) is 0 Å². The first-order valence-electron chi connectivity index (χ1n) is 7.35. The number of nitrogens with zero attached hydrogens (tertiary/aromatic N) is 2. The van der Waals surface area contributed by atoms with E-state index >= 15 is 0 Å². The topological polar surface area (TPSA) is 47.0 Å². The molecule has 4 heteroatoms. The Kier molecular flexibility index (Phi) is 4.78. The summed E-state index contributed by atoms with van der Waals surface area (Å²) in [5, 5.41) is 3.20. The van der Waals surface area contributed by atoms with Crippen LogP contribution in [-0.4, -0.2) is 16.5 Å². The molecule has 21 heavy (non-hydrogen) atoms. The highest BCUT2D eigenvalue weighted by molar-refractivity contribution is 5.46. The molecule has 2 aromatic rings. The van der Waals surface area contributed by atoms with E-state index in [0.717, 1.165) is 35.5 Å². The average molecular weight is 285 g/mol. The van der Waals surface area contributed by atoms with Crippen molar-refractivity contribution in [1.29, 1.82) is 0 Å². The lowest BCUT2D eigenvalue weighted by Crippen LogP contribution is -2.06. The van der Waals surface area contributed by atoms with Gasteiger partial charge in [0, 0.05) is 18.3 Å². The van der Waals surface area contributed by atoms with Gasteiger partial charge in [-0.3, -0.25) is 0 Å². The summed E-state index contributed by atoms with van der Waals surface area (Å²) >= 11 is 0. The van der Waals surface area contributed by atoms with Crippen LogP contribution in [0, 0.1) is 27.7 Å². The summed E-state index contributed by atoms with van der Waals surface area (Å²) in [6, 6.07) is 6.04. The van der Waals surface area contributed by atoms with Gasteiger partial charge in [-0.15, -0.1) is 0 Å². The van der Waals surface area contributed by atoms with E-state index in [0.29, 0.717) is 11.8 Å². The van der Waals surface area contributed by atoms with Crippen molar-refractivity contribution in [2.75, 3.05) is 11.9 Å². The third-order valence-corrected chi connectivity index (χ3v) is 3.44. The quantitative estimate of drug-likeness (QED) is 0.888. The molecule has 4 nitrogen and oxygen atoms in total. The molecule has 1 aromatic heterocycles. The molecule has 0 spiro atoms. The highest BCUT2D eigenvalue weighted by Crippen LogP contribution is 2.30. The number of nitrogens with one attached hydrogen (secondary N) is 1. The molecule has 0 saturated heterocycles. The summed E-state index contributed by atoms with van der Waals surface area (Å²) in [7, 11) is 0. The first kappa shape index (κ1) is 15.3. The van der Waals surface area contributed by atoms with Crippen LogP contribution in [0.4, 0.5) is 5.95 Å². The minimum absolute atomic E-state index is 0.581. The predicted molar refractivity (Wildman–Crippen MR) is 86.3 cm³/mol. The summed E-state index contributed by atoms with van der Waals surface area (Å²) in [5.41, 5.74) is 4.36. The van der Waals surface area contributed by atoms with Gasteiger partial charge in [-0.2, -0.15) is 4.98 Å². The molecule has 0 saturated carbocycles. The molecule has 112 valence electrons. The molecule has 0 radical (unpaired) electrons. The molecule has 0 amide bonds. The Balaban J connectivity index is 2.31. The summed E-state index contributed by atoms with van der Waals surface area (Å²) < 4.78 is 6.03. The minimum Gasteiger partial charge on any atom is -0.438 e. The van der Waals surface area contributed by atoms with Crippen molar-refractivity contribution in [3.63, 3.8) is 0 Å². The van der Waals surface area contributed by atoms with Gasteiger partial charge < -0.3 is 10.1 Å². The lowest BCUT2D eigenvalue weighted by atomic mass is 10.1. The third kappa shape index (κ3) is 3.72. The van der Waals surface area contributed by atoms with Gasteiger partial charge in [0.15, 0.2) is 0 Å². The van der Waals surface area contributed by atoms with E-state index in [2.05, 4.69) is 48.2 Å². The molecular formula is C17H23N3O. The van der Waals surface area contributed by atoms with E-state index in [-0.39, 0.29) is 0 Å². The monoisotopic (exact) mass is 285 g/mol. The Bertz CT molecular complexity index is 638. The molecule has 1 aromatic carbocycles. The van der Waals surface area contributed by atoms with Gasteiger partial charge in [0.2, 0.25) is 11.8 Å². The van der Waals surface area contributed by atoms with Crippen molar-refractivity contribution in [2.45, 2.75) is 41.0 Å². The predicted octanol–water partition coefficient (Wildman–Crippen LogP) is 4.32. The van der Waals surface area contributed by atoms with Gasteiger partial charge in [-0.1, -0.05) is 19.1 Å². The van der Waals surface area contributed by atoms with Crippen molar-refractivity contribution >= 4 is 5.95 Å². The fourth-order valence-corrected chi connectivity index (χ4v) is 2.09. The van der Waals surface area contributed by atoms with E-state index < -0.39 is 0 Å². The van der Waals surface area contributed by atoms with E-state index in [1.807, 2.05) is 19.9 Å². The Morgan fingerprint density at radius 3 is 2.48 bits per heavy atom. The van der Waals surface area contributed by atoms with Crippen LogP contribution in [0.15, 0.2) is 18.2 Å². The summed E-state index contributed by atoms with van der Waals surface area (Å²) in [4.78, 5) is 8.81. The lowest BCUT2D eigenvalue weighted by Gasteiger charge is -2.14. The van der Waals surface area contributed by atoms with Gasteiger partial charge in [0.25, 0.3) is 0 Å². The molecule has 0 aliphatic rings. The molecule has 0 aliphatic heterocycles. The first-order chi connectivity index (χ1) is 10.0. The Morgan fingerprint density at radius 1 is 1.05 bits per heavy atom. The van der Waals surface area contributed by atoms with Crippen molar-refractivity contribution in [3.05, 3.63) is 40.6 Å². The smallest absolute Gasteiger partial charge is 0.226 e. The summed E-state index contributed by atoms with van der Waals surface area (Å²) in [5.74, 6) is 2.09. The van der Waals surface area contributed by atoms with Crippen LogP contribution in [0.25, 0.3) is 0 Å². The molecule has 0 fully saturated rings. The number of rotatable bonds is 5. The number of aromatic nitrogens is 2. The van der Waals surface area contributed by atoms with Gasteiger partial charge in [-0.25, -0.2) is 4.98 Å². The SMILES string of the molecule is CCCNc1nc(C)cc(Oc2c(C)ccc(C)c2C)n1. The van der Waals surface area contributed by atoms with Gasteiger partial charge in [-0.05, 0) is 50.8 Å². The second-order valence-electron chi connectivity index (χ2n) is 5.35. The average Bonchev–Trinajstić information content (AvgIpc) is 2.45. The van der Waals surface area contributed by atoms with E-state index in [1.54, 1.807) is 0 Å². The largest absolute Gasteiger partial charge is 0.438 e. The molecule has 1 N–H and O–H groups in total. The van der Waals surface area contributed by atoms with Crippen molar-refractivity contribution in [3.8, 4) is 11.6 Å². The molecule has 0 unspecified atom stereocenters. The number of anilines is 1. The van der Waals surface area contributed by atoms with Crippen LogP contribution >= 0.6 is 0 Å².